The lowest BCUT2D eigenvalue weighted by molar-refractivity contribution is -0.126. The number of amides is 1. The lowest BCUT2D eigenvalue weighted by atomic mass is 10.1. The molecule has 0 bridgehead atoms. The molecule has 0 aliphatic carbocycles. The SMILES string of the molecule is Cc1nc(N2CCN(C(=O)/C=C/c3ccc4[nH]ccc4c3)CC2)n[nH]1. The lowest BCUT2D eigenvalue weighted by Crippen LogP contribution is -2.48. The van der Waals surface area contributed by atoms with E-state index in [9.17, 15) is 4.79 Å². The monoisotopic (exact) mass is 336 g/mol. The van der Waals surface area contributed by atoms with Crippen LogP contribution in [0.2, 0.25) is 0 Å². The fraction of sp³-hybridized carbons (Fsp3) is 0.278. The molecule has 4 rings (SSSR count). The molecule has 1 saturated heterocycles. The van der Waals surface area contributed by atoms with Gasteiger partial charge in [-0.15, -0.1) is 5.10 Å². The molecule has 3 heterocycles. The van der Waals surface area contributed by atoms with E-state index in [-0.39, 0.29) is 5.91 Å². The fourth-order valence-electron chi connectivity index (χ4n) is 3.05. The van der Waals surface area contributed by atoms with Gasteiger partial charge in [-0.25, -0.2) is 0 Å². The molecule has 0 spiro atoms. The molecule has 0 saturated carbocycles. The van der Waals surface area contributed by atoms with Crippen LogP contribution in [0.5, 0.6) is 0 Å². The average molecular weight is 336 g/mol. The van der Waals surface area contributed by atoms with E-state index in [2.05, 4.69) is 31.1 Å². The van der Waals surface area contributed by atoms with Gasteiger partial charge in [0.05, 0.1) is 0 Å². The number of fused-ring (bicyclic) bond motifs is 1. The van der Waals surface area contributed by atoms with E-state index in [1.165, 1.54) is 0 Å². The van der Waals surface area contributed by atoms with Gasteiger partial charge in [-0.1, -0.05) is 6.07 Å². The van der Waals surface area contributed by atoms with Gasteiger partial charge in [0.1, 0.15) is 5.82 Å². The first-order chi connectivity index (χ1) is 12.2. The molecule has 1 aliphatic heterocycles. The van der Waals surface area contributed by atoms with Crippen molar-refractivity contribution in [2.75, 3.05) is 31.1 Å². The van der Waals surface area contributed by atoms with E-state index in [0.29, 0.717) is 19.0 Å². The topological polar surface area (TPSA) is 80.9 Å². The van der Waals surface area contributed by atoms with Gasteiger partial charge in [0.2, 0.25) is 11.9 Å². The molecule has 0 radical (unpaired) electrons. The van der Waals surface area contributed by atoms with E-state index in [1.54, 1.807) is 6.08 Å². The molecule has 2 N–H and O–H groups in total. The number of aryl methyl sites for hydroxylation is 1. The van der Waals surface area contributed by atoms with Crippen LogP contribution in [0.3, 0.4) is 0 Å². The standard InChI is InChI=1S/C18H20N6O/c1-13-20-18(22-21-13)24-10-8-23(9-11-24)17(25)5-3-14-2-4-16-15(12-14)6-7-19-16/h2-7,12,19H,8-11H2,1H3,(H,20,21,22)/b5-3+. The predicted octanol–water partition coefficient (Wildman–Crippen LogP) is 1.96. The Hall–Kier alpha value is -3.09. The summed E-state index contributed by atoms with van der Waals surface area (Å²) >= 11 is 0. The second kappa shape index (κ2) is 6.43. The first kappa shape index (κ1) is 15.4. The van der Waals surface area contributed by atoms with Crippen molar-refractivity contribution in [2.45, 2.75) is 6.92 Å². The molecule has 0 atom stereocenters. The third-order valence-corrected chi connectivity index (χ3v) is 4.46. The summed E-state index contributed by atoms with van der Waals surface area (Å²) in [5, 5.41) is 8.17. The highest BCUT2D eigenvalue weighted by atomic mass is 16.2. The minimum Gasteiger partial charge on any atom is -0.361 e. The molecule has 0 unspecified atom stereocenters. The van der Waals surface area contributed by atoms with E-state index in [0.717, 1.165) is 35.4 Å². The summed E-state index contributed by atoms with van der Waals surface area (Å²) in [6.45, 7) is 4.71. The number of piperazine rings is 1. The normalized spacial score (nSPS) is 15.4. The Balaban J connectivity index is 1.37. The molecule has 1 aliphatic rings. The number of H-pyrrole nitrogens is 2. The molecular formula is C18H20N6O. The van der Waals surface area contributed by atoms with Gasteiger partial charge in [-0.05, 0) is 42.1 Å². The fourth-order valence-corrected chi connectivity index (χ4v) is 3.05. The summed E-state index contributed by atoms with van der Waals surface area (Å²) in [7, 11) is 0. The van der Waals surface area contributed by atoms with Gasteiger partial charge in [-0.2, -0.15) is 4.98 Å². The smallest absolute Gasteiger partial charge is 0.246 e. The van der Waals surface area contributed by atoms with Crippen molar-refractivity contribution in [3.05, 3.63) is 47.9 Å². The Kier molecular flexibility index (Phi) is 3.97. The Morgan fingerprint density at radius 2 is 2.04 bits per heavy atom. The first-order valence-electron chi connectivity index (χ1n) is 8.37. The minimum atomic E-state index is 0.0417. The van der Waals surface area contributed by atoms with Crippen LogP contribution >= 0.6 is 0 Å². The number of aromatic amines is 2. The van der Waals surface area contributed by atoms with Crippen LogP contribution in [0.1, 0.15) is 11.4 Å². The first-order valence-corrected chi connectivity index (χ1v) is 8.37. The lowest BCUT2D eigenvalue weighted by Gasteiger charge is -2.33. The zero-order valence-electron chi connectivity index (χ0n) is 14.1. The number of anilines is 1. The molecule has 2 aromatic heterocycles. The number of nitrogens with one attached hydrogen (secondary N) is 2. The molecule has 3 aromatic rings. The van der Waals surface area contributed by atoms with Crippen molar-refractivity contribution in [3.8, 4) is 0 Å². The number of hydrogen-bond acceptors (Lipinski definition) is 4. The Bertz CT molecular complexity index is 916. The van der Waals surface area contributed by atoms with Crippen molar-refractivity contribution in [1.82, 2.24) is 25.1 Å². The Morgan fingerprint density at radius 1 is 1.20 bits per heavy atom. The van der Waals surface area contributed by atoms with Crippen molar-refractivity contribution < 1.29 is 4.79 Å². The quantitative estimate of drug-likeness (QED) is 0.717. The molecule has 25 heavy (non-hydrogen) atoms. The predicted molar refractivity (Wildman–Crippen MR) is 97.2 cm³/mol. The van der Waals surface area contributed by atoms with Crippen LogP contribution in [0.4, 0.5) is 5.95 Å². The maximum absolute atomic E-state index is 12.4. The second-order valence-corrected chi connectivity index (χ2v) is 6.19. The third-order valence-electron chi connectivity index (χ3n) is 4.46. The Morgan fingerprint density at radius 3 is 2.80 bits per heavy atom. The highest BCUT2D eigenvalue weighted by molar-refractivity contribution is 5.92. The molecule has 1 amide bonds. The summed E-state index contributed by atoms with van der Waals surface area (Å²) in [4.78, 5) is 23.9. The zero-order valence-corrected chi connectivity index (χ0v) is 14.1. The van der Waals surface area contributed by atoms with Crippen molar-refractivity contribution in [2.24, 2.45) is 0 Å². The molecule has 1 aromatic carbocycles. The number of nitrogens with zero attached hydrogens (tertiary/aromatic N) is 4. The van der Waals surface area contributed by atoms with Crippen LogP contribution in [0.15, 0.2) is 36.5 Å². The van der Waals surface area contributed by atoms with Crippen LogP contribution in [-0.4, -0.2) is 57.2 Å². The van der Waals surface area contributed by atoms with E-state index < -0.39 is 0 Å². The van der Waals surface area contributed by atoms with Gasteiger partial charge in [0.15, 0.2) is 0 Å². The van der Waals surface area contributed by atoms with E-state index in [1.807, 2.05) is 42.3 Å². The molecular weight excluding hydrogens is 316 g/mol. The van der Waals surface area contributed by atoms with Gasteiger partial charge in [0.25, 0.3) is 0 Å². The number of benzene rings is 1. The second-order valence-electron chi connectivity index (χ2n) is 6.19. The summed E-state index contributed by atoms with van der Waals surface area (Å²) in [5.74, 6) is 1.55. The highest BCUT2D eigenvalue weighted by Gasteiger charge is 2.21. The van der Waals surface area contributed by atoms with Crippen LogP contribution in [-0.2, 0) is 4.79 Å². The summed E-state index contributed by atoms with van der Waals surface area (Å²) in [6.07, 6.45) is 5.44. The van der Waals surface area contributed by atoms with Gasteiger partial charge in [-0.3, -0.25) is 9.89 Å². The van der Waals surface area contributed by atoms with Crippen LogP contribution in [0, 0.1) is 6.92 Å². The highest BCUT2D eigenvalue weighted by Crippen LogP contribution is 2.16. The summed E-state index contributed by atoms with van der Waals surface area (Å²) in [5.41, 5.74) is 2.12. The number of hydrogen-bond donors (Lipinski definition) is 2. The van der Waals surface area contributed by atoms with Crippen molar-refractivity contribution in [1.29, 1.82) is 0 Å². The number of rotatable bonds is 3. The summed E-state index contributed by atoms with van der Waals surface area (Å²) in [6, 6.07) is 8.13. The van der Waals surface area contributed by atoms with Gasteiger partial charge < -0.3 is 14.8 Å². The molecule has 7 nitrogen and oxygen atoms in total. The minimum absolute atomic E-state index is 0.0417. The zero-order chi connectivity index (χ0) is 17.2. The maximum atomic E-state index is 12.4. The number of carbonyl (C=O) groups is 1. The van der Waals surface area contributed by atoms with E-state index >= 15 is 0 Å². The Labute approximate surface area is 145 Å². The van der Waals surface area contributed by atoms with Crippen molar-refractivity contribution >= 4 is 28.8 Å². The van der Waals surface area contributed by atoms with Crippen molar-refractivity contribution in [3.63, 3.8) is 0 Å². The number of aromatic nitrogens is 4. The molecule has 7 heteroatoms. The van der Waals surface area contributed by atoms with E-state index in [4.69, 9.17) is 0 Å². The maximum Gasteiger partial charge on any atom is 0.246 e. The van der Waals surface area contributed by atoms with Gasteiger partial charge in [0, 0.05) is 44.0 Å². The van der Waals surface area contributed by atoms with Crippen LogP contribution in [0.25, 0.3) is 17.0 Å². The molecule has 128 valence electrons. The largest absolute Gasteiger partial charge is 0.361 e. The molecule has 1 fully saturated rings. The van der Waals surface area contributed by atoms with Gasteiger partial charge >= 0.3 is 0 Å². The summed E-state index contributed by atoms with van der Waals surface area (Å²) < 4.78 is 0. The number of carbonyl (C=O) groups excluding carboxylic acids is 1. The average Bonchev–Trinajstić information content (AvgIpc) is 3.28. The third kappa shape index (κ3) is 3.26. The van der Waals surface area contributed by atoms with Crippen LogP contribution < -0.4 is 4.90 Å².